The molecule has 1 saturated heterocycles. The summed E-state index contributed by atoms with van der Waals surface area (Å²) in [6.07, 6.45) is 3.00. The number of rotatable bonds is 5. The minimum Gasteiger partial charge on any atom is -0.310 e. The Hall–Kier alpha value is -0.170. The Kier molecular flexibility index (Phi) is 6.01. The standard InChI is InChI=1S/C14H31N3O2S/c1-12(2)16(6)20(18,19)17-10-8-7-9-13(17)11-15-14(3,4)5/h12-13,15H,7-11H2,1-6H3. The Labute approximate surface area is 124 Å². The maximum atomic E-state index is 12.7. The Balaban J connectivity index is 2.83. The zero-order chi connectivity index (χ0) is 15.6. The van der Waals surface area contributed by atoms with Gasteiger partial charge in [0.25, 0.3) is 10.2 Å². The maximum Gasteiger partial charge on any atom is 0.282 e. The fourth-order valence-corrected chi connectivity index (χ4v) is 4.12. The summed E-state index contributed by atoms with van der Waals surface area (Å²) in [6.45, 7) is 11.5. The smallest absolute Gasteiger partial charge is 0.282 e. The molecule has 0 saturated carbocycles. The maximum absolute atomic E-state index is 12.7. The van der Waals surface area contributed by atoms with Crippen LogP contribution in [0.2, 0.25) is 0 Å². The molecular weight excluding hydrogens is 274 g/mol. The molecule has 1 atom stereocenters. The average molecular weight is 305 g/mol. The molecule has 1 unspecified atom stereocenters. The Bertz CT molecular complexity index is 401. The lowest BCUT2D eigenvalue weighted by atomic mass is 10.0. The molecule has 1 rings (SSSR count). The number of hydrogen-bond donors (Lipinski definition) is 1. The monoisotopic (exact) mass is 305 g/mol. The van der Waals surface area contributed by atoms with Crippen LogP contribution in [0.3, 0.4) is 0 Å². The fourth-order valence-electron chi connectivity index (χ4n) is 2.34. The van der Waals surface area contributed by atoms with E-state index in [9.17, 15) is 8.42 Å². The van der Waals surface area contributed by atoms with Crippen LogP contribution in [0.4, 0.5) is 0 Å². The number of hydrogen-bond acceptors (Lipinski definition) is 3. The lowest BCUT2D eigenvalue weighted by Gasteiger charge is -2.39. The highest BCUT2D eigenvalue weighted by molar-refractivity contribution is 7.86. The van der Waals surface area contributed by atoms with E-state index in [0.29, 0.717) is 13.1 Å². The highest BCUT2D eigenvalue weighted by Crippen LogP contribution is 2.23. The van der Waals surface area contributed by atoms with E-state index in [1.807, 2.05) is 13.8 Å². The van der Waals surface area contributed by atoms with Gasteiger partial charge in [-0.1, -0.05) is 6.42 Å². The summed E-state index contributed by atoms with van der Waals surface area (Å²) in [5, 5.41) is 3.44. The van der Waals surface area contributed by atoms with Crippen molar-refractivity contribution in [1.29, 1.82) is 0 Å². The fraction of sp³-hybridized carbons (Fsp3) is 1.00. The van der Waals surface area contributed by atoms with E-state index < -0.39 is 10.2 Å². The normalized spacial score (nSPS) is 22.7. The molecule has 1 heterocycles. The van der Waals surface area contributed by atoms with Gasteiger partial charge in [0.1, 0.15) is 0 Å². The first-order valence-corrected chi connectivity index (χ1v) is 8.95. The van der Waals surface area contributed by atoms with Gasteiger partial charge in [0, 0.05) is 37.8 Å². The first-order chi connectivity index (χ1) is 9.05. The zero-order valence-electron chi connectivity index (χ0n) is 13.8. The SMILES string of the molecule is CC(C)N(C)S(=O)(=O)N1CCCCC1CNC(C)(C)C. The topological polar surface area (TPSA) is 52.7 Å². The van der Waals surface area contributed by atoms with Crippen LogP contribution in [-0.4, -0.2) is 54.8 Å². The predicted molar refractivity (Wildman–Crippen MR) is 83.9 cm³/mol. The first kappa shape index (κ1) is 17.9. The molecule has 6 heteroatoms. The summed E-state index contributed by atoms with van der Waals surface area (Å²) in [7, 11) is -1.68. The lowest BCUT2D eigenvalue weighted by molar-refractivity contribution is 0.214. The van der Waals surface area contributed by atoms with Crippen LogP contribution < -0.4 is 5.32 Å². The predicted octanol–water partition coefficient (Wildman–Crippen LogP) is 1.81. The van der Waals surface area contributed by atoms with Crippen molar-refractivity contribution in [2.75, 3.05) is 20.1 Å². The van der Waals surface area contributed by atoms with E-state index >= 15 is 0 Å². The van der Waals surface area contributed by atoms with Crippen molar-refractivity contribution in [2.45, 2.75) is 71.5 Å². The third-order valence-electron chi connectivity index (χ3n) is 3.83. The minimum atomic E-state index is -3.35. The third-order valence-corrected chi connectivity index (χ3v) is 6.05. The highest BCUT2D eigenvalue weighted by atomic mass is 32.2. The second-order valence-electron chi connectivity index (χ2n) is 7.01. The summed E-state index contributed by atoms with van der Waals surface area (Å²) in [4.78, 5) is 0. The number of nitrogens with one attached hydrogen (secondary N) is 1. The molecule has 0 aliphatic carbocycles. The van der Waals surface area contributed by atoms with Crippen LogP contribution in [0.1, 0.15) is 53.9 Å². The Morgan fingerprint density at radius 1 is 1.30 bits per heavy atom. The first-order valence-electron chi connectivity index (χ1n) is 7.55. The second-order valence-corrected chi connectivity index (χ2v) is 8.95. The minimum absolute atomic E-state index is 0.0107. The van der Waals surface area contributed by atoms with Gasteiger partial charge >= 0.3 is 0 Å². The van der Waals surface area contributed by atoms with Gasteiger partial charge in [-0.05, 0) is 47.5 Å². The van der Waals surface area contributed by atoms with Gasteiger partial charge in [0.15, 0.2) is 0 Å². The van der Waals surface area contributed by atoms with Crippen LogP contribution in [0.5, 0.6) is 0 Å². The van der Waals surface area contributed by atoms with Crippen LogP contribution in [0.25, 0.3) is 0 Å². The summed E-state index contributed by atoms with van der Waals surface area (Å²) in [5.41, 5.74) is 0.0107. The van der Waals surface area contributed by atoms with Gasteiger partial charge in [0.2, 0.25) is 0 Å². The molecule has 1 aliphatic heterocycles. The largest absolute Gasteiger partial charge is 0.310 e. The van der Waals surface area contributed by atoms with E-state index in [1.165, 1.54) is 4.31 Å². The summed E-state index contributed by atoms with van der Waals surface area (Å²) in [6, 6.07) is 0.0485. The van der Waals surface area contributed by atoms with Crippen LogP contribution >= 0.6 is 0 Å². The second kappa shape index (κ2) is 6.73. The molecule has 0 aromatic carbocycles. The van der Waals surface area contributed by atoms with E-state index in [4.69, 9.17) is 0 Å². The molecule has 20 heavy (non-hydrogen) atoms. The van der Waals surface area contributed by atoms with Gasteiger partial charge in [0.05, 0.1) is 0 Å². The van der Waals surface area contributed by atoms with Crippen LogP contribution in [0.15, 0.2) is 0 Å². The molecule has 1 N–H and O–H groups in total. The average Bonchev–Trinajstić information content (AvgIpc) is 2.34. The van der Waals surface area contributed by atoms with Crippen molar-refractivity contribution in [2.24, 2.45) is 0 Å². The quantitative estimate of drug-likeness (QED) is 0.843. The van der Waals surface area contributed by atoms with Crippen molar-refractivity contribution < 1.29 is 8.42 Å². The molecule has 1 fully saturated rings. The van der Waals surface area contributed by atoms with Gasteiger partial charge in [-0.3, -0.25) is 0 Å². The highest BCUT2D eigenvalue weighted by Gasteiger charge is 2.36. The molecule has 0 amide bonds. The molecule has 5 nitrogen and oxygen atoms in total. The van der Waals surface area contributed by atoms with Gasteiger partial charge in [-0.25, -0.2) is 0 Å². The summed E-state index contributed by atoms with van der Waals surface area (Å²) in [5.74, 6) is 0. The van der Waals surface area contributed by atoms with Crippen LogP contribution in [-0.2, 0) is 10.2 Å². The van der Waals surface area contributed by atoms with E-state index in [0.717, 1.165) is 19.3 Å². The third kappa shape index (κ3) is 4.69. The molecule has 0 spiro atoms. The van der Waals surface area contributed by atoms with Gasteiger partial charge in [-0.15, -0.1) is 0 Å². The van der Waals surface area contributed by atoms with Gasteiger partial charge in [-0.2, -0.15) is 17.0 Å². The Morgan fingerprint density at radius 2 is 1.90 bits per heavy atom. The van der Waals surface area contributed by atoms with Gasteiger partial charge < -0.3 is 5.32 Å². The van der Waals surface area contributed by atoms with E-state index in [1.54, 1.807) is 11.4 Å². The Morgan fingerprint density at radius 3 is 2.40 bits per heavy atom. The zero-order valence-corrected chi connectivity index (χ0v) is 14.6. The molecule has 0 bridgehead atoms. The molecular formula is C14H31N3O2S. The molecule has 120 valence electrons. The van der Waals surface area contributed by atoms with Crippen molar-refractivity contribution in [3.05, 3.63) is 0 Å². The number of nitrogens with zero attached hydrogens (tertiary/aromatic N) is 2. The molecule has 0 aromatic heterocycles. The van der Waals surface area contributed by atoms with Crippen molar-refractivity contribution in [3.8, 4) is 0 Å². The van der Waals surface area contributed by atoms with E-state index in [-0.39, 0.29) is 17.6 Å². The number of piperidine rings is 1. The lowest BCUT2D eigenvalue weighted by Crippen LogP contribution is -2.55. The summed E-state index contributed by atoms with van der Waals surface area (Å²) >= 11 is 0. The van der Waals surface area contributed by atoms with Crippen molar-refractivity contribution in [1.82, 2.24) is 13.9 Å². The molecule has 1 aliphatic rings. The molecule has 0 aromatic rings. The van der Waals surface area contributed by atoms with Crippen molar-refractivity contribution in [3.63, 3.8) is 0 Å². The molecule has 0 radical (unpaired) electrons. The van der Waals surface area contributed by atoms with Crippen molar-refractivity contribution >= 4 is 10.2 Å². The van der Waals surface area contributed by atoms with E-state index in [2.05, 4.69) is 26.1 Å². The van der Waals surface area contributed by atoms with Crippen LogP contribution in [0, 0.1) is 0 Å². The summed E-state index contributed by atoms with van der Waals surface area (Å²) < 4.78 is 28.5.